The summed E-state index contributed by atoms with van der Waals surface area (Å²) in [7, 11) is 1.43. The van der Waals surface area contributed by atoms with E-state index in [1.807, 2.05) is 0 Å². The molecule has 90 valence electrons. The van der Waals surface area contributed by atoms with E-state index < -0.39 is 17.4 Å². The highest BCUT2D eigenvalue weighted by Gasteiger charge is 2.37. The summed E-state index contributed by atoms with van der Waals surface area (Å²) in [6.45, 7) is 3.28. The predicted octanol–water partition coefficient (Wildman–Crippen LogP) is -0.556. The lowest BCUT2D eigenvalue weighted by Gasteiger charge is -2.21. The molecule has 0 aromatic rings. The summed E-state index contributed by atoms with van der Waals surface area (Å²) in [5.41, 5.74) is -0.954. The third kappa shape index (κ3) is 2.38. The van der Waals surface area contributed by atoms with Crippen LogP contribution < -0.4 is 5.32 Å². The molecule has 6 nitrogen and oxygen atoms in total. The van der Waals surface area contributed by atoms with Gasteiger partial charge >= 0.3 is 5.97 Å². The Bertz CT molecular complexity index is 338. The van der Waals surface area contributed by atoms with Crippen molar-refractivity contribution in [3.63, 3.8) is 0 Å². The second-order valence-corrected chi connectivity index (χ2v) is 4.62. The molecule has 1 heterocycles. The third-order valence-corrected chi connectivity index (χ3v) is 2.75. The van der Waals surface area contributed by atoms with Crippen LogP contribution in [0.25, 0.3) is 0 Å². The van der Waals surface area contributed by atoms with Gasteiger partial charge in [-0.05, 0) is 13.8 Å². The molecule has 1 aliphatic rings. The van der Waals surface area contributed by atoms with Crippen LogP contribution in [-0.2, 0) is 14.4 Å². The second-order valence-electron chi connectivity index (χ2n) is 4.62. The molecule has 0 bridgehead atoms. The molecule has 0 spiro atoms. The van der Waals surface area contributed by atoms with E-state index in [0.717, 1.165) is 4.90 Å². The molecular formula is C10H16N2O4. The second kappa shape index (κ2) is 4.21. The normalized spacial score (nSPS) is 21.7. The molecule has 2 amide bonds. The van der Waals surface area contributed by atoms with Gasteiger partial charge in [-0.2, -0.15) is 0 Å². The van der Waals surface area contributed by atoms with Gasteiger partial charge in [-0.25, -0.2) is 0 Å². The average molecular weight is 228 g/mol. The zero-order valence-electron chi connectivity index (χ0n) is 9.61. The molecular weight excluding hydrogens is 212 g/mol. The number of hydrogen-bond acceptors (Lipinski definition) is 4. The zero-order chi connectivity index (χ0) is 12.5. The minimum absolute atomic E-state index is 0.102. The number of carboxylic acid groups (broad SMARTS) is 1. The number of rotatable bonds is 4. The maximum Gasteiger partial charge on any atom is 0.310 e. The highest BCUT2D eigenvalue weighted by molar-refractivity contribution is 6.05. The van der Waals surface area contributed by atoms with Gasteiger partial charge in [-0.1, -0.05) is 0 Å². The molecule has 1 fully saturated rings. The molecule has 0 aliphatic carbocycles. The van der Waals surface area contributed by atoms with E-state index in [-0.39, 0.29) is 24.8 Å². The number of likely N-dealkylation sites (tertiary alicyclic amines) is 1. The molecule has 1 aliphatic heterocycles. The van der Waals surface area contributed by atoms with Crippen molar-refractivity contribution < 1.29 is 19.5 Å². The topological polar surface area (TPSA) is 86.7 Å². The van der Waals surface area contributed by atoms with Crippen LogP contribution in [0.15, 0.2) is 0 Å². The summed E-state index contributed by atoms with van der Waals surface area (Å²) in [6, 6.07) is -0.587. The maximum atomic E-state index is 11.5. The fourth-order valence-corrected chi connectivity index (χ4v) is 1.37. The molecule has 6 heteroatoms. The van der Waals surface area contributed by atoms with Gasteiger partial charge in [0.1, 0.15) is 0 Å². The lowest BCUT2D eigenvalue weighted by atomic mass is 9.93. The van der Waals surface area contributed by atoms with Crippen LogP contribution in [0.1, 0.15) is 20.3 Å². The SMILES string of the molecule is CN1C(=O)CC(NCC(C)(C)C(=O)O)C1=O. The quantitative estimate of drug-likeness (QED) is 0.630. The number of hydrogen-bond donors (Lipinski definition) is 2. The summed E-state index contributed by atoms with van der Waals surface area (Å²) in [4.78, 5) is 34.6. The van der Waals surface area contributed by atoms with Gasteiger partial charge in [0.15, 0.2) is 0 Å². The molecule has 16 heavy (non-hydrogen) atoms. The van der Waals surface area contributed by atoms with E-state index >= 15 is 0 Å². The summed E-state index contributed by atoms with van der Waals surface area (Å²) < 4.78 is 0. The first kappa shape index (κ1) is 12.6. The number of imide groups is 1. The van der Waals surface area contributed by atoms with Crippen molar-refractivity contribution in [2.75, 3.05) is 13.6 Å². The minimum Gasteiger partial charge on any atom is -0.481 e. The van der Waals surface area contributed by atoms with Crippen molar-refractivity contribution in [1.29, 1.82) is 0 Å². The van der Waals surface area contributed by atoms with Gasteiger partial charge in [0.25, 0.3) is 0 Å². The molecule has 0 radical (unpaired) electrons. The molecule has 1 saturated heterocycles. The first-order chi connectivity index (χ1) is 7.25. The van der Waals surface area contributed by atoms with Gasteiger partial charge in [0.05, 0.1) is 17.9 Å². The maximum absolute atomic E-state index is 11.5. The van der Waals surface area contributed by atoms with Crippen LogP contribution in [0.5, 0.6) is 0 Å². The molecule has 0 aromatic heterocycles. The monoisotopic (exact) mass is 228 g/mol. The Morgan fingerprint density at radius 2 is 2.12 bits per heavy atom. The van der Waals surface area contributed by atoms with Crippen LogP contribution in [0.2, 0.25) is 0 Å². The van der Waals surface area contributed by atoms with Gasteiger partial charge in [-0.15, -0.1) is 0 Å². The van der Waals surface area contributed by atoms with Crippen LogP contribution >= 0.6 is 0 Å². The van der Waals surface area contributed by atoms with Crippen molar-refractivity contribution in [3.8, 4) is 0 Å². The Labute approximate surface area is 93.6 Å². The Morgan fingerprint density at radius 1 is 1.56 bits per heavy atom. The van der Waals surface area contributed by atoms with Crippen molar-refractivity contribution >= 4 is 17.8 Å². The van der Waals surface area contributed by atoms with Crippen molar-refractivity contribution in [1.82, 2.24) is 10.2 Å². The number of amides is 2. The number of aliphatic carboxylic acids is 1. The highest BCUT2D eigenvalue weighted by atomic mass is 16.4. The van der Waals surface area contributed by atoms with E-state index in [0.29, 0.717) is 0 Å². The summed E-state index contributed by atoms with van der Waals surface area (Å²) in [5.74, 6) is -1.48. The van der Waals surface area contributed by atoms with Gasteiger partial charge in [0.2, 0.25) is 11.8 Å². The molecule has 2 N–H and O–H groups in total. The molecule has 1 rings (SSSR count). The predicted molar refractivity (Wildman–Crippen MR) is 55.6 cm³/mol. The van der Waals surface area contributed by atoms with Gasteiger partial charge in [0, 0.05) is 13.6 Å². The van der Waals surface area contributed by atoms with Crippen molar-refractivity contribution in [3.05, 3.63) is 0 Å². The summed E-state index contributed by atoms with van der Waals surface area (Å²) >= 11 is 0. The number of nitrogens with one attached hydrogen (secondary N) is 1. The Balaban J connectivity index is 2.55. The van der Waals surface area contributed by atoms with Gasteiger partial charge < -0.3 is 10.4 Å². The van der Waals surface area contributed by atoms with E-state index in [1.165, 1.54) is 7.05 Å². The van der Waals surface area contributed by atoms with Crippen LogP contribution in [0.3, 0.4) is 0 Å². The van der Waals surface area contributed by atoms with Crippen molar-refractivity contribution in [2.45, 2.75) is 26.3 Å². The van der Waals surface area contributed by atoms with E-state index in [4.69, 9.17) is 5.11 Å². The van der Waals surface area contributed by atoms with E-state index in [9.17, 15) is 14.4 Å². The Morgan fingerprint density at radius 3 is 2.50 bits per heavy atom. The van der Waals surface area contributed by atoms with Crippen LogP contribution in [0.4, 0.5) is 0 Å². The molecule has 1 atom stereocenters. The summed E-state index contributed by atoms with van der Waals surface area (Å²) in [5, 5.41) is 11.7. The lowest BCUT2D eigenvalue weighted by molar-refractivity contribution is -0.147. The van der Waals surface area contributed by atoms with E-state index in [2.05, 4.69) is 5.32 Å². The smallest absolute Gasteiger partial charge is 0.310 e. The number of carbonyl (C=O) groups is 3. The standard InChI is InChI=1S/C10H16N2O4/c1-10(2,9(15)16)5-11-6-4-7(13)12(3)8(6)14/h6,11H,4-5H2,1-3H3,(H,15,16). The van der Waals surface area contributed by atoms with Crippen LogP contribution in [0, 0.1) is 5.41 Å². The third-order valence-electron chi connectivity index (χ3n) is 2.75. The molecule has 0 saturated carbocycles. The molecule has 1 unspecified atom stereocenters. The lowest BCUT2D eigenvalue weighted by Crippen LogP contribution is -2.44. The summed E-state index contributed by atoms with van der Waals surface area (Å²) in [6.07, 6.45) is 0.102. The fraction of sp³-hybridized carbons (Fsp3) is 0.700. The average Bonchev–Trinajstić information content (AvgIpc) is 2.43. The Kier molecular flexibility index (Phi) is 3.32. The number of carbonyl (C=O) groups excluding carboxylic acids is 2. The minimum atomic E-state index is -0.954. The Hall–Kier alpha value is -1.43. The highest BCUT2D eigenvalue weighted by Crippen LogP contribution is 2.16. The van der Waals surface area contributed by atoms with E-state index in [1.54, 1.807) is 13.8 Å². The number of likely N-dealkylation sites (N-methyl/N-ethyl adjacent to an activating group) is 1. The first-order valence-corrected chi connectivity index (χ1v) is 5.03. The fourth-order valence-electron chi connectivity index (χ4n) is 1.37. The number of nitrogens with zero attached hydrogens (tertiary/aromatic N) is 1. The number of carboxylic acids is 1. The van der Waals surface area contributed by atoms with Crippen LogP contribution in [-0.4, -0.2) is 47.4 Å². The first-order valence-electron chi connectivity index (χ1n) is 5.03. The van der Waals surface area contributed by atoms with Crippen molar-refractivity contribution in [2.24, 2.45) is 5.41 Å². The zero-order valence-corrected chi connectivity index (χ0v) is 9.61. The van der Waals surface area contributed by atoms with Gasteiger partial charge in [-0.3, -0.25) is 19.3 Å². The molecule has 0 aromatic carbocycles. The largest absolute Gasteiger partial charge is 0.481 e.